The van der Waals surface area contributed by atoms with Crippen molar-refractivity contribution >= 4 is 34.1 Å². The highest BCUT2D eigenvalue weighted by atomic mass is 31.1. The van der Waals surface area contributed by atoms with Gasteiger partial charge in [0.25, 0.3) is 0 Å². The normalized spacial score (nSPS) is 24.5. The van der Waals surface area contributed by atoms with Crippen LogP contribution in [0.1, 0.15) is 24.1 Å². The number of hydrogen-bond acceptors (Lipinski definition) is 0. The van der Waals surface area contributed by atoms with Crippen molar-refractivity contribution in [2.45, 2.75) is 18.5 Å². The van der Waals surface area contributed by atoms with Crippen molar-refractivity contribution in [1.29, 1.82) is 0 Å². The van der Waals surface area contributed by atoms with Crippen molar-refractivity contribution in [2.24, 2.45) is 11.8 Å². The lowest BCUT2D eigenvalue weighted by molar-refractivity contribution is 0.665. The topological polar surface area (TPSA) is 0 Å². The minimum atomic E-state index is -0.263. The summed E-state index contributed by atoms with van der Waals surface area (Å²) in [5.41, 5.74) is 3.85. The van der Waals surface area contributed by atoms with Crippen LogP contribution in [0.25, 0.3) is 26.6 Å². The van der Waals surface area contributed by atoms with E-state index in [0.717, 1.165) is 17.5 Å². The Bertz CT molecular complexity index is 1100. The van der Waals surface area contributed by atoms with Gasteiger partial charge in [-0.15, -0.1) is 7.53 Å². The molecule has 3 unspecified atom stereocenters. The lowest BCUT2D eigenvalue weighted by Crippen LogP contribution is -2.00. The van der Waals surface area contributed by atoms with E-state index < -0.39 is 0 Å². The molecule has 0 amide bonds. The zero-order valence-corrected chi connectivity index (χ0v) is 15.6. The second-order valence-electron chi connectivity index (χ2n) is 7.73. The van der Waals surface area contributed by atoms with E-state index in [-0.39, 0.29) is 7.53 Å². The smallest absolute Gasteiger partial charge is 0.0117 e. The molecule has 0 spiro atoms. The van der Waals surface area contributed by atoms with E-state index in [1.165, 1.54) is 29.2 Å². The Morgan fingerprint density at radius 1 is 0.654 bits per heavy atom. The van der Waals surface area contributed by atoms with Crippen molar-refractivity contribution in [3.05, 3.63) is 90.5 Å². The fraction of sp³-hybridized carbons (Fsp3) is 0.200. The van der Waals surface area contributed by atoms with Crippen LogP contribution in [0.15, 0.2) is 84.9 Å². The van der Waals surface area contributed by atoms with Crippen LogP contribution in [-0.4, -0.2) is 0 Å². The molecule has 0 saturated heterocycles. The molecule has 1 heteroatoms. The van der Waals surface area contributed by atoms with Crippen LogP contribution in [0, 0.1) is 11.8 Å². The van der Waals surface area contributed by atoms with Crippen molar-refractivity contribution < 1.29 is 0 Å². The van der Waals surface area contributed by atoms with Crippen molar-refractivity contribution in [1.82, 2.24) is 0 Å². The third-order valence-corrected chi connectivity index (χ3v) is 9.63. The molecule has 0 N–H and O–H groups in total. The summed E-state index contributed by atoms with van der Waals surface area (Å²) in [6.07, 6.45) is 5.36. The summed E-state index contributed by atoms with van der Waals surface area (Å²) in [4.78, 5) is 0. The zero-order chi connectivity index (χ0) is 17.1. The Hall–Kier alpha value is -2.30. The van der Waals surface area contributed by atoms with Gasteiger partial charge in [-0.05, 0) is 46.6 Å². The summed E-state index contributed by atoms with van der Waals surface area (Å²) in [5, 5.41) is 6.21. The number of fused-ring (bicyclic) bond motifs is 5. The first kappa shape index (κ1) is 14.8. The van der Waals surface area contributed by atoms with Gasteiger partial charge >= 0.3 is 0 Å². The van der Waals surface area contributed by atoms with Gasteiger partial charge in [0.1, 0.15) is 0 Å². The van der Waals surface area contributed by atoms with E-state index in [2.05, 4.69) is 84.9 Å². The van der Waals surface area contributed by atoms with E-state index in [9.17, 15) is 0 Å². The SMILES string of the molecule is C1=C(c2ccccc2)C2CCC1C2p1c2ccccc2c2ccccc21. The maximum Gasteiger partial charge on any atom is 0.0117 e. The Balaban J connectivity index is 1.57. The fourth-order valence-corrected chi connectivity index (χ4v) is 9.07. The molecule has 4 aromatic rings. The Morgan fingerprint density at radius 2 is 1.27 bits per heavy atom. The minimum absolute atomic E-state index is 0.263. The predicted molar refractivity (Wildman–Crippen MR) is 114 cm³/mol. The highest BCUT2D eigenvalue weighted by molar-refractivity contribution is 7.61. The highest BCUT2D eigenvalue weighted by Gasteiger charge is 2.44. The second kappa shape index (κ2) is 5.60. The molecule has 0 nitrogen and oxygen atoms in total. The van der Waals surface area contributed by atoms with Crippen LogP contribution in [0.5, 0.6) is 0 Å². The average molecular weight is 352 g/mol. The zero-order valence-electron chi connectivity index (χ0n) is 14.7. The summed E-state index contributed by atoms with van der Waals surface area (Å²) in [6, 6.07) is 29.4. The molecule has 3 atom stereocenters. The van der Waals surface area contributed by atoms with Crippen LogP contribution in [0.4, 0.5) is 0 Å². The number of hydrogen-bond donors (Lipinski definition) is 0. The van der Waals surface area contributed by atoms with Gasteiger partial charge in [-0.25, -0.2) is 0 Å². The van der Waals surface area contributed by atoms with Crippen LogP contribution in [0.3, 0.4) is 0 Å². The van der Waals surface area contributed by atoms with Gasteiger partial charge in [0.15, 0.2) is 0 Å². The lowest BCUT2D eigenvalue weighted by Gasteiger charge is -2.20. The summed E-state index contributed by atoms with van der Waals surface area (Å²) in [7, 11) is -0.263. The number of benzene rings is 3. The fourth-order valence-electron chi connectivity index (χ4n) is 5.47. The molecule has 0 aliphatic heterocycles. The van der Waals surface area contributed by atoms with E-state index >= 15 is 0 Å². The summed E-state index contributed by atoms with van der Waals surface area (Å²) < 4.78 is 0. The molecule has 2 aliphatic rings. The Morgan fingerprint density at radius 3 is 1.96 bits per heavy atom. The third-order valence-electron chi connectivity index (χ3n) is 6.48. The van der Waals surface area contributed by atoms with Gasteiger partial charge in [0.2, 0.25) is 0 Å². The van der Waals surface area contributed by atoms with E-state index in [0.29, 0.717) is 0 Å². The largest absolute Gasteiger partial charge is 0.104 e. The van der Waals surface area contributed by atoms with E-state index in [1.54, 1.807) is 15.8 Å². The number of allylic oxidation sites excluding steroid dienone is 2. The maximum atomic E-state index is 2.63. The molecule has 1 fully saturated rings. The van der Waals surface area contributed by atoms with Crippen LogP contribution >= 0.6 is 7.53 Å². The molecule has 3 aromatic carbocycles. The van der Waals surface area contributed by atoms with Crippen molar-refractivity contribution in [3.63, 3.8) is 0 Å². The molecule has 1 saturated carbocycles. The maximum absolute atomic E-state index is 2.63. The molecule has 26 heavy (non-hydrogen) atoms. The number of rotatable bonds is 2. The molecule has 0 radical (unpaired) electrons. The second-order valence-corrected chi connectivity index (χ2v) is 10.0. The molecule has 2 aliphatic carbocycles. The summed E-state index contributed by atoms with van der Waals surface area (Å²) >= 11 is 0. The minimum Gasteiger partial charge on any atom is -0.104 e. The standard InChI is InChI=1S/C25H21P/c1-2-8-17(9-3-1)22-16-18-14-15-21(22)25(18)26-23-12-6-4-10-19(23)20-11-5-7-13-24(20)26/h1-13,16,18,21,25H,14-15H2. The van der Waals surface area contributed by atoms with Gasteiger partial charge < -0.3 is 0 Å². The average Bonchev–Trinajstić information content (AvgIpc) is 3.37. The Kier molecular flexibility index (Phi) is 3.19. The summed E-state index contributed by atoms with van der Waals surface area (Å²) in [6.45, 7) is 0. The van der Waals surface area contributed by atoms with Crippen LogP contribution in [-0.2, 0) is 0 Å². The molecular formula is C25H21P. The van der Waals surface area contributed by atoms with Crippen molar-refractivity contribution in [2.75, 3.05) is 0 Å². The van der Waals surface area contributed by atoms with Gasteiger partial charge in [-0.3, -0.25) is 0 Å². The molecule has 6 rings (SSSR count). The molecule has 2 bridgehead atoms. The van der Waals surface area contributed by atoms with Crippen LogP contribution in [0.2, 0.25) is 0 Å². The van der Waals surface area contributed by atoms with Gasteiger partial charge in [0, 0.05) is 15.9 Å². The first-order chi connectivity index (χ1) is 12.9. The first-order valence-corrected chi connectivity index (χ1v) is 11.1. The molecule has 126 valence electrons. The van der Waals surface area contributed by atoms with Gasteiger partial charge in [-0.1, -0.05) is 84.9 Å². The lowest BCUT2D eigenvalue weighted by atomic mass is 9.92. The quantitative estimate of drug-likeness (QED) is 0.348. The third kappa shape index (κ3) is 1.97. The molecular weight excluding hydrogens is 331 g/mol. The highest BCUT2D eigenvalue weighted by Crippen LogP contribution is 2.69. The van der Waals surface area contributed by atoms with Crippen LogP contribution < -0.4 is 0 Å². The van der Waals surface area contributed by atoms with Gasteiger partial charge in [0.05, 0.1) is 0 Å². The van der Waals surface area contributed by atoms with Gasteiger partial charge in [-0.2, -0.15) is 0 Å². The predicted octanol–water partition coefficient (Wildman–Crippen LogP) is 7.64. The van der Waals surface area contributed by atoms with E-state index in [4.69, 9.17) is 0 Å². The van der Waals surface area contributed by atoms with E-state index in [1.807, 2.05) is 0 Å². The molecule has 1 heterocycles. The monoisotopic (exact) mass is 352 g/mol. The first-order valence-electron chi connectivity index (χ1n) is 9.66. The van der Waals surface area contributed by atoms with Crippen molar-refractivity contribution in [3.8, 4) is 0 Å². The Labute approximate surface area is 155 Å². The molecule has 1 aromatic heterocycles. The summed E-state index contributed by atoms with van der Waals surface area (Å²) in [5.74, 6) is 1.48.